The lowest BCUT2D eigenvalue weighted by molar-refractivity contribution is -0.167. The molecule has 1 aliphatic rings. The minimum atomic E-state index is -0.458. The van der Waals surface area contributed by atoms with Crippen molar-refractivity contribution in [1.29, 1.82) is 0 Å². The van der Waals surface area contributed by atoms with E-state index in [-0.39, 0.29) is 11.9 Å². The van der Waals surface area contributed by atoms with Gasteiger partial charge in [0.05, 0.1) is 0 Å². The van der Waals surface area contributed by atoms with Gasteiger partial charge in [-0.25, -0.2) is 4.79 Å². The second-order valence-corrected chi connectivity index (χ2v) is 7.09. The van der Waals surface area contributed by atoms with Gasteiger partial charge in [0.1, 0.15) is 5.60 Å². The Balaban J connectivity index is 1.89. The van der Waals surface area contributed by atoms with E-state index in [1.165, 1.54) is 4.90 Å². The van der Waals surface area contributed by atoms with E-state index in [0.717, 1.165) is 12.2 Å². The maximum absolute atomic E-state index is 12.1. The molecule has 2 rings (SSSR count). The highest BCUT2D eigenvalue weighted by atomic mass is 32.2. The van der Waals surface area contributed by atoms with E-state index in [9.17, 15) is 4.79 Å². The third kappa shape index (κ3) is 4.53. The van der Waals surface area contributed by atoms with E-state index in [1.807, 2.05) is 39.0 Å². The van der Waals surface area contributed by atoms with Crippen LogP contribution in [0, 0.1) is 5.92 Å². The van der Waals surface area contributed by atoms with Crippen LogP contribution in [0.3, 0.4) is 0 Å². The van der Waals surface area contributed by atoms with Crippen molar-refractivity contribution >= 4 is 17.7 Å². The molecule has 1 heterocycles. The molecule has 20 heavy (non-hydrogen) atoms. The lowest BCUT2D eigenvalue weighted by Gasteiger charge is -2.24. The molecule has 0 saturated carbocycles. The first kappa shape index (κ1) is 15.4. The summed E-state index contributed by atoms with van der Waals surface area (Å²) >= 11 is 1.77. The summed E-state index contributed by atoms with van der Waals surface area (Å²) in [6.45, 7) is 6.29. The molecular weight excluding hydrogens is 272 g/mol. The van der Waals surface area contributed by atoms with Crippen molar-refractivity contribution < 1.29 is 14.3 Å². The fraction of sp³-hybridized carbons (Fsp3) is 0.562. The second kappa shape index (κ2) is 6.64. The van der Waals surface area contributed by atoms with E-state index in [4.69, 9.17) is 9.47 Å². The fourth-order valence-electron chi connectivity index (χ4n) is 2.14. The van der Waals surface area contributed by atoms with Crippen molar-refractivity contribution in [2.24, 2.45) is 5.92 Å². The van der Waals surface area contributed by atoms with Gasteiger partial charge >= 0.3 is 5.97 Å². The average Bonchev–Trinajstić information content (AvgIpc) is 2.84. The third-order valence-electron chi connectivity index (χ3n) is 3.06. The molecule has 0 N–H and O–H groups in total. The maximum atomic E-state index is 12.1. The number of carbonyl (C=O) groups excluding carboxylic acids is 1. The van der Waals surface area contributed by atoms with Crippen LogP contribution in [-0.4, -0.2) is 30.0 Å². The van der Waals surface area contributed by atoms with Gasteiger partial charge in [0.15, 0.2) is 6.10 Å². The highest BCUT2D eigenvalue weighted by molar-refractivity contribution is 7.99. The van der Waals surface area contributed by atoms with Gasteiger partial charge in [-0.3, -0.25) is 0 Å². The van der Waals surface area contributed by atoms with Gasteiger partial charge in [-0.15, -0.1) is 11.8 Å². The van der Waals surface area contributed by atoms with Gasteiger partial charge in [0.2, 0.25) is 0 Å². The van der Waals surface area contributed by atoms with Crippen LogP contribution in [0.15, 0.2) is 35.2 Å². The van der Waals surface area contributed by atoms with Crippen molar-refractivity contribution in [2.45, 2.75) is 43.8 Å². The monoisotopic (exact) mass is 294 g/mol. The molecule has 1 aliphatic heterocycles. The zero-order chi connectivity index (χ0) is 14.6. The molecule has 1 fully saturated rings. The lowest BCUT2D eigenvalue weighted by atomic mass is 10.0. The average molecular weight is 294 g/mol. The van der Waals surface area contributed by atoms with Crippen LogP contribution >= 0.6 is 11.8 Å². The number of rotatable bonds is 4. The Hall–Kier alpha value is -1.00. The Labute approximate surface area is 125 Å². The van der Waals surface area contributed by atoms with E-state index >= 15 is 0 Å². The summed E-state index contributed by atoms with van der Waals surface area (Å²) in [5, 5.41) is 0. The molecule has 4 heteroatoms. The minimum Gasteiger partial charge on any atom is -0.458 e. The molecule has 0 spiro atoms. The first-order chi connectivity index (χ1) is 9.46. The number of benzene rings is 1. The largest absolute Gasteiger partial charge is 0.458 e. The molecule has 0 unspecified atom stereocenters. The molecule has 3 nitrogen and oxygen atoms in total. The van der Waals surface area contributed by atoms with Crippen molar-refractivity contribution in [3.63, 3.8) is 0 Å². The summed E-state index contributed by atoms with van der Waals surface area (Å²) in [5.41, 5.74) is -0.458. The van der Waals surface area contributed by atoms with Gasteiger partial charge in [0, 0.05) is 23.2 Å². The third-order valence-corrected chi connectivity index (χ3v) is 4.26. The van der Waals surface area contributed by atoms with Crippen LogP contribution in [-0.2, 0) is 14.3 Å². The van der Waals surface area contributed by atoms with Crippen LogP contribution in [0.5, 0.6) is 0 Å². The molecule has 1 aromatic carbocycles. The molecular formula is C16H22O3S. The zero-order valence-corrected chi connectivity index (χ0v) is 13.1. The van der Waals surface area contributed by atoms with Crippen molar-refractivity contribution in [1.82, 2.24) is 0 Å². The van der Waals surface area contributed by atoms with Crippen molar-refractivity contribution in [3.05, 3.63) is 30.3 Å². The molecule has 110 valence electrons. The Morgan fingerprint density at radius 2 is 2.05 bits per heavy atom. The van der Waals surface area contributed by atoms with E-state index in [0.29, 0.717) is 6.61 Å². The van der Waals surface area contributed by atoms with E-state index in [1.54, 1.807) is 11.8 Å². The normalized spacial score (nSPS) is 22.8. The molecule has 0 aliphatic carbocycles. The minimum absolute atomic E-state index is 0.228. The molecule has 1 aromatic rings. The Morgan fingerprint density at radius 1 is 1.35 bits per heavy atom. The van der Waals surface area contributed by atoms with Crippen LogP contribution in [0.1, 0.15) is 27.2 Å². The van der Waals surface area contributed by atoms with Crippen molar-refractivity contribution in [3.8, 4) is 0 Å². The van der Waals surface area contributed by atoms with Crippen LogP contribution < -0.4 is 0 Å². The molecule has 1 saturated heterocycles. The topological polar surface area (TPSA) is 35.5 Å². The predicted octanol–water partition coefficient (Wildman–Crippen LogP) is 3.53. The zero-order valence-electron chi connectivity index (χ0n) is 12.3. The summed E-state index contributed by atoms with van der Waals surface area (Å²) in [6, 6.07) is 10.2. The van der Waals surface area contributed by atoms with Crippen LogP contribution in [0.25, 0.3) is 0 Å². The first-order valence-corrected chi connectivity index (χ1v) is 7.96. The van der Waals surface area contributed by atoms with Crippen LogP contribution in [0.4, 0.5) is 0 Å². The molecule has 2 atom stereocenters. The summed E-state index contributed by atoms with van der Waals surface area (Å²) in [6.07, 6.45) is 0.509. The second-order valence-electron chi connectivity index (χ2n) is 6.00. The van der Waals surface area contributed by atoms with Gasteiger partial charge in [-0.1, -0.05) is 18.2 Å². The molecule has 0 radical (unpaired) electrons. The maximum Gasteiger partial charge on any atom is 0.336 e. The molecule has 0 amide bonds. The Bertz CT molecular complexity index is 439. The number of thioether (sulfide) groups is 1. The lowest BCUT2D eigenvalue weighted by Crippen LogP contribution is -2.35. The number of ether oxygens (including phenoxy) is 2. The fourth-order valence-corrected chi connectivity index (χ4v) is 3.24. The summed E-state index contributed by atoms with van der Waals surface area (Å²) in [5.74, 6) is 0.886. The molecule has 0 aromatic heterocycles. The number of hydrogen-bond donors (Lipinski definition) is 0. The quantitative estimate of drug-likeness (QED) is 0.628. The summed E-state index contributed by atoms with van der Waals surface area (Å²) < 4.78 is 11.0. The number of hydrogen-bond acceptors (Lipinski definition) is 4. The predicted molar refractivity (Wildman–Crippen MR) is 80.9 cm³/mol. The van der Waals surface area contributed by atoms with E-state index in [2.05, 4.69) is 12.1 Å². The number of carbonyl (C=O) groups is 1. The smallest absolute Gasteiger partial charge is 0.336 e. The van der Waals surface area contributed by atoms with Gasteiger partial charge < -0.3 is 9.47 Å². The summed E-state index contributed by atoms with van der Waals surface area (Å²) in [4.78, 5) is 13.4. The Kier molecular flexibility index (Phi) is 5.11. The first-order valence-electron chi connectivity index (χ1n) is 6.98. The number of esters is 1. The standard InChI is InChI=1S/C16H22O3S/c1-16(2,3)19-15(17)14-12(9-10-18-14)11-20-13-7-5-4-6-8-13/h4-8,12,14H,9-11H2,1-3H3/t12-,14-/m0/s1. The van der Waals surface area contributed by atoms with Gasteiger partial charge in [-0.05, 0) is 39.3 Å². The van der Waals surface area contributed by atoms with Gasteiger partial charge in [0.25, 0.3) is 0 Å². The summed E-state index contributed by atoms with van der Waals surface area (Å²) in [7, 11) is 0. The van der Waals surface area contributed by atoms with Crippen molar-refractivity contribution in [2.75, 3.05) is 12.4 Å². The van der Waals surface area contributed by atoms with Crippen LogP contribution in [0.2, 0.25) is 0 Å². The molecule has 0 bridgehead atoms. The highest BCUT2D eigenvalue weighted by Crippen LogP contribution is 2.30. The Morgan fingerprint density at radius 3 is 2.70 bits per heavy atom. The van der Waals surface area contributed by atoms with E-state index < -0.39 is 11.7 Å². The highest BCUT2D eigenvalue weighted by Gasteiger charge is 2.37. The van der Waals surface area contributed by atoms with Gasteiger partial charge in [-0.2, -0.15) is 0 Å². The SMILES string of the molecule is CC(C)(C)OC(=O)[C@H]1OCC[C@H]1CSc1ccccc1.